The molecule has 49 heavy (non-hydrogen) atoms. The van der Waals surface area contributed by atoms with Crippen LogP contribution in [-0.2, 0) is 12.4 Å². The molecule has 3 unspecified atom stereocenters. The number of aromatic nitrogens is 2. The standard InChI is InChI=1S/C32H28F8N6O2S/c1-29(13-47)6-8-46(29)27-17-9-19(31(35,36)37)22(16-3-4-20(34)25-21(16)18(11-41)26(42)49-25)23(32(38,39)40)24(17)43-28(44-27)48-14-30-5-2-7-45(30)12-15(33)10-30/h3-4,9,15,47H,2,5-8,10,12-14,42H2,1H3. The summed E-state index contributed by atoms with van der Waals surface area (Å²) in [5, 5.41) is 18.5. The zero-order chi connectivity index (χ0) is 35.3. The Bertz CT molecular complexity index is 2040. The highest BCUT2D eigenvalue weighted by Crippen LogP contribution is 2.53. The number of hydrogen-bond acceptors (Lipinski definition) is 9. The van der Waals surface area contributed by atoms with Crippen LogP contribution in [0.1, 0.15) is 49.3 Å². The van der Waals surface area contributed by atoms with Gasteiger partial charge in [-0.1, -0.05) is 6.07 Å². The fourth-order valence-corrected chi connectivity index (χ4v) is 8.52. The van der Waals surface area contributed by atoms with Crippen molar-refractivity contribution in [1.29, 1.82) is 5.26 Å². The van der Waals surface area contributed by atoms with Crippen molar-refractivity contribution < 1.29 is 45.0 Å². The summed E-state index contributed by atoms with van der Waals surface area (Å²) in [6, 6.07) is 3.10. The first-order chi connectivity index (χ1) is 23.0. The van der Waals surface area contributed by atoms with Crippen LogP contribution in [0.2, 0.25) is 0 Å². The number of hydrogen-bond donors (Lipinski definition) is 2. The zero-order valence-corrected chi connectivity index (χ0v) is 26.6. The van der Waals surface area contributed by atoms with Gasteiger partial charge in [-0.15, -0.1) is 11.3 Å². The first-order valence-electron chi connectivity index (χ1n) is 15.4. The second-order valence-corrected chi connectivity index (χ2v) is 14.1. The van der Waals surface area contributed by atoms with Crippen LogP contribution >= 0.6 is 11.3 Å². The summed E-state index contributed by atoms with van der Waals surface area (Å²) < 4.78 is 126. The number of alkyl halides is 7. The van der Waals surface area contributed by atoms with Crippen molar-refractivity contribution in [3.05, 3.63) is 40.7 Å². The molecular formula is C32H28F8N6O2S. The van der Waals surface area contributed by atoms with Crippen LogP contribution in [-0.4, -0.2) is 70.1 Å². The highest BCUT2D eigenvalue weighted by Gasteiger charge is 2.50. The Morgan fingerprint density at radius 2 is 1.90 bits per heavy atom. The van der Waals surface area contributed by atoms with Crippen molar-refractivity contribution in [3.63, 3.8) is 0 Å². The summed E-state index contributed by atoms with van der Waals surface area (Å²) in [5.74, 6) is -1.30. The maximum absolute atomic E-state index is 15.4. The minimum absolute atomic E-state index is 0.126. The van der Waals surface area contributed by atoms with Crippen molar-refractivity contribution >= 4 is 43.1 Å². The van der Waals surface area contributed by atoms with E-state index in [1.54, 1.807) is 13.0 Å². The van der Waals surface area contributed by atoms with Crippen LogP contribution in [0.25, 0.3) is 32.1 Å². The predicted octanol–water partition coefficient (Wildman–Crippen LogP) is 7.06. The van der Waals surface area contributed by atoms with Crippen LogP contribution < -0.4 is 15.4 Å². The number of aliphatic hydroxyl groups excluding tert-OH is 1. The molecule has 0 saturated carbocycles. The van der Waals surface area contributed by atoms with Crippen molar-refractivity contribution in [2.45, 2.75) is 62.2 Å². The molecule has 3 aliphatic heterocycles. The van der Waals surface area contributed by atoms with Crippen molar-refractivity contribution in [2.24, 2.45) is 0 Å². The molecule has 0 aliphatic carbocycles. The molecular weight excluding hydrogens is 684 g/mol. The number of halogens is 8. The van der Waals surface area contributed by atoms with E-state index in [4.69, 9.17) is 10.5 Å². The molecule has 8 nitrogen and oxygen atoms in total. The van der Waals surface area contributed by atoms with Gasteiger partial charge < -0.3 is 20.5 Å². The summed E-state index contributed by atoms with van der Waals surface area (Å²) >= 11 is 0.528. The lowest BCUT2D eigenvalue weighted by molar-refractivity contribution is -0.141. The van der Waals surface area contributed by atoms with E-state index in [1.807, 2.05) is 4.90 Å². The number of rotatable bonds is 6. The highest BCUT2D eigenvalue weighted by molar-refractivity contribution is 7.23. The van der Waals surface area contributed by atoms with Gasteiger partial charge in [0.05, 0.1) is 44.6 Å². The minimum Gasteiger partial charge on any atom is -0.461 e. The van der Waals surface area contributed by atoms with E-state index >= 15 is 13.2 Å². The Balaban J connectivity index is 1.55. The maximum atomic E-state index is 15.4. The topological polar surface area (TPSA) is 112 Å². The zero-order valence-electron chi connectivity index (χ0n) is 25.8. The SMILES string of the molecule is CC1(CO)CCN1c1nc(OCC23CCCN2CC(F)C3)nc2c(C(F)(F)F)c(-c3ccc(F)c4sc(N)c(C#N)c34)c(C(F)(F)F)cc12. The average molecular weight is 713 g/mol. The van der Waals surface area contributed by atoms with Crippen LogP contribution in [0.4, 0.5) is 45.9 Å². The summed E-state index contributed by atoms with van der Waals surface area (Å²) in [6.07, 6.45) is -10.2. The Morgan fingerprint density at radius 3 is 2.53 bits per heavy atom. The number of nitriles is 1. The Morgan fingerprint density at radius 1 is 1.14 bits per heavy atom. The predicted molar refractivity (Wildman–Crippen MR) is 165 cm³/mol. The first kappa shape index (κ1) is 33.5. The lowest BCUT2D eigenvalue weighted by atomic mass is 9.85. The largest absolute Gasteiger partial charge is 0.461 e. The number of nitrogens with zero attached hydrogens (tertiary/aromatic N) is 5. The van der Waals surface area contributed by atoms with Gasteiger partial charge in [0.1, 0.15) is 35.5 Å². The van der Waals surface area contributed by atoms with Gasteiger partial charge in [-0.2, -0.15) is 41.6 Å². The first-order valence-corrected chi connectivity index (χ1v) is 16.2. The van der Waals surface area contributed by atoms with Crippen molar-refractivity contribution in [3.8, 4) is 23.2 Å². The molecule has 5 heterocycles. The molecule has 0 amide bonds. The lowest BCUT2D eigenvalue weighted by Gasteiger charge is -2.50. The van der Waals surface area contributed by atoms with Crippen molar-refractivity contribution in [2.75, 3.05) is 43.5 Å². The molecule has 3 fully saturated rings. The molecule has 2 aromatic carbocycles. The van der Waals surface area contributed by atoms with Gasteiger partial charge in [0.2, 0.25) is 0 Å². The van der Waals surface area contributed by atoms with Crippen LogP contribution in [0.3, 0.4) is 0 Å². The number of benzene rings is 2. The third kappa shape index (κ3) is 5.21. The molecule has 3 N–H and O–H groups in total. The highest BCUT2D eigenvalue weighted by atomic mass is 32.1. The average Bonchev–Trinajstić information content (AvgIpc) is 3.66. The molecule has 0 spiro atoms. The van der Waals surface area contributed by atoms with Gasteiger partial charge in [0, 0.05) is 35.8 Å². The van der Waals surface area contributed by atoms with Crippen LogP contribution in [0.5, 0.6) is 6.01 Å². The van der Waals surface area contributed by atoms with E-state index in [2.05, 4.69) is 9.97 Å². The monoisotopic (exact) mass is 712 g/mol. The lowest BCUT2D eigenvalue weighted by Crippen LogP contribution is -2.61. The number of aliphatic hydroxyl groups is 1. The molecule has 0 bridgehead atoms. The normalized spacial score (nSPS) is 24.4. The molecule has 260 valence electrons. The summed E-state index contributed by atoms with van der Waals surface area (Å²) in [4.78, 5) is 11.7. The van der Waals surface area contributed by atoms with E-state index < -0.39 is 92.1 Å². The number of thiophene rings is 1. The van der Waals surface area contributed by atoms with E-state index in [0.29, 0.717) is 36.8 Å². The fourth-order valence-electron chi connectivity index (χ4n) is 7.57. The van der Waals surface area contributed by atoms with E-state index in [-0.39, 0.29) is 41.6 Å². The number of nitrogen functional groups attached to an aromatic ring is 1. The number of fused-ring (bicyclic) bond motifs is 3. The van der Waals surface area contributed by atoms with Gasteiger partial charge in [-0.25, -0.2) is 8.78 Å². The van der Waals surface area contributed by atoms with Gasteiger partial charge in [0.15, 0.2) is 0 Å². The quantitative estimate of drug-likeness (QED) is 0.205. The molecule has 7 rings (SSSR count). The maximum Gasteiger partial charge on any atom is 0.419 e. The Kier molecular flexibility index (Phi) is 7.69. The van der Waals surface area contributed by atoms with Gasteiger partial charge in [0.25, 0.3) is 0 Å². The second kappa shape index (κ2) is 11.3. The summed E-state index contributed by atoms with van der Waals surface area (Å²) in [6.45, 7) is 1.84. The van der Waals surface area contributed by atoms with Gasteiger partial charge in [-0.05, 0) is 50.4 Å². The second-order valence-electron chi connectivity index (χ2n) is 13.1. The van der Waals surface area contributed by atoms with E-state index in [9.17, 15) is 32.3 Å². The summed E-state index contributed by atoms with van der Waals surface area (Å²) in [7, 11) is 0. The molecule has 0 radical (unpaired) electrons. The number of nitrogens with two attached hydrogens (primary N) is 1. The van der Waals surface area contributed by atoms with Crippen molar-refractivity contribution in [1.82, 2.24) is 14.9 Å². The van der Waals surface area contributed by atoms with E-state index in [0.717, 1.165) is 18.6 Å². The molecule has 3 aliphatic rings. The molecule has 3 saturated heterocycles. The minimum atomic E-state index is -5.49. The van der Waals surface area contributed by atoms with Crippen LogP contribution in [0.15, 0.2) is 18.2 Å². The third-order valence-corrected chi connectivity index (χ3v) is 11.1. The Hall–Kier alpha value is -4.01. The number of anilines is 2. The molecule has 3 atom stereocenters. The molecule has 4 aromatic rings. The Labute approximate surface area is 277 Å². The summed E-state index contributed by atoms with van der Waals surface area (Å²) in [5.41, 5.74) is -2.95. The fraction of sp³-hybridized carbons (Fsp3) is 0.469. The molecule has 2 aromatic heterocycles. The van der Waals surface area contributed by atoms with Gasteiger partial charge in [-0.3, -0.25) is 4.90 Å². The third-order valence-electron chi connectivity index (χ3n) is 10.1. The van der Waals surface area contributed by atoms with Gasteiger partial charge >= 0.3 is 18.4 Å². The molecule has 17 heteroatoms. The van der Waals surface area contributed by atoms with Crippen LogP contribution in [0, 0.1) is 17.1 Å². The van der Waals surface area contributed by atoms with E-state index in [1.165, 1.54) is 4.90 Å². The number of ether oxygens (including phenoxy) is 1. The smallest absolute Gasteiger partial charge is 0.419 e.